The first-order valence-corrected chi connectivity index (χ1v) is 15.1. The molecule has 0 radical (unpaired) electrons. The first kappa shape index (κ1) is 27.8. The number of aliphatic carboxylic acids is 1. The number of carboxylic acids is 1. The van der Waals surface area contributed by atoms with Crippen molar-refractivity contribution < 1.29 is 23.9 Å². The number of ketones is 1. The van der Waals surface area contributed by atoms with Crippen LogP contribution in [0, 0.1) is 5.92 Å². The van der Waals surface area contributed by atoms with Crippen molar-refractivity contribution in [3.8, 4) is 5.75 Å². The second kappa shape index (κ2) is 12.9. The maximum Gasteiger partial charge on any atom is 0.307 e. The zero-order valence-electron chi connectivity index (χ0n) is 21.3. The van der Waals surface area contributed by atoms with E-state index in [1.165, 1.54) is 11.6 Å². The predicted octanol–water partition coefficient (Wildman–Crippen LogP) is 6.72. The highest BCUT2D eigenvalue weighted by molar-refractivity contribution is 6.74. The molecule has 5 nitrogen and oxygen atoms in total. The molecule has 34 heavy (non-hydrogen) atoms. The van der Waals surface area contributed by atoms with Gasteiger partial charge in [0.25, 0.3) is 0 Å². The number of carboxylic acid groups (broad SMARTS) is 1. The third-order valence-electron chi connectivity index (χ3n) is 6.72. The largest absolute Gasteiger partial charge is 0.491 e. The van der Waals surface area contributed by atoms with Crippen molar-refractivity contribution in [3.63, 3.8) is 0 Å². The number of benzene rings is 1. The summed E-state index contributed by atoms with van der Waals surface area (Å²) in [5.41, 5.74) is 4.09. The Morgan fingerprint density at radius 1 is 1.24 bits per heavy atom. The van der Waals surface area contributed by atoms with E-state index in [1.807, 2.05) is 36.4 Å². The van der Waals surface area contributed by atoms with E-state index in [2.05, 4.69) is 45.7 Å². The number of hydrogen-bond donors (Lipinski definition) is 1. The fraction of sp³-hybridized carbons (Fsp3) is 0.536. The number of rotatable bonds is 13. The van der Waals surface area contributed by atoms with Crippen LogP contribution < -0.4 is 4.74 Å². The summed E-state index contributed by atoms with van der Waals surface area (Å²) >= 11 is 0. The first-order valence-electron chi connectivity index (χ1n) is 12.2. The molecule has 0 aromatic heterocycles. The Labute approximate surface area is 205 Å². The Bertz CT molecular complexity index is 904. The lowest BCUT2D eigenvalue weighted by Crippen LogP contribution is -2.45. The van der Waals surface area contributed by atoms with Gasteiger partial charge in [-0.15, -0.1) is 5.73 Å². The molecule has 1 N–H and O–H groups in total. The molecule has 0 amide bonds. The molecule has 186 valence electrons. The molecule has 6 heteroatoms. The molecule has 1 aromatic rings. The quantitative estimate of drug-likeness (QED) is 0.191. The van der Waals surface area contributed by atoms with Crippen LogP contribution in [0.5, 0.6) is 5.75 Å². The monoisotopic (exact) mass is 484 g/mol. The highest BCUT2D eigenvalue weighted by Gasteiger charge is 2.39. The van der Waals surface area contributed by atoms with Gasteiger partial charge in [-0.3, -0.25) is 9.59 Å². The molecule has 2 atom stereocenters. The number of para-hydroxylation sites is 1. The smallest absolute Gasteiger partial charge is 0.307 e. The fourth-order valence-electron chi connectivity index (χ4n) is 3.71. The van der Waals surface area contributed by atoms with E-state index in [9.17, 15) is 9.59 Å². The Morgan fingerprint density at radius 3 is 2.59 bits per heavy atom. The maximum absolute atomic E-state index is 12.5. The molecule has 1 aromatic carbocycles. The van der Waals surface area contributed by atoms with Crippen molar-refractivity contribution in [1.29, 1.82) is 0 Å². The van der Waals surface area contributed by atoms with Crippen molar-refractivity contribution in [1.82, 2.24) is 0 Å². The molecule has 2 rings (SSSR count). The summed E-state index contributed by atoms with van der Waals surface area (Å²) in [5.74, 6) is 0.159. The van der Waals surface area contributed by atoms with Gasteiger partial charge in [0.2, 0.25) is 0 Å². The van der Waals surface area contributed by atoms with Gasteiger partial charge < -0.3 is 14.3 Å². The number of hydrogen-bond acceptors (Lipinski definition) is 4. The maximum atomic E-state index is 12.5. The molecule has 0 heterocycles. The lowest BCUT2D eigenvalue weighted by atomic mass is 9.91. The van der Waals surface area contributed by atoms with Gasteiger partial charge in [-0.25, -0.2) is 0 Å². The van der Waals surface area contributed by atoms with E-state index in [4.69, 9.17) is 14.3 Å². The Hall–Kier alpha value is -2.40. The van der Waals surface area contributed by atoms with Crippen LogP contribution in [0.1, 0.15) is 59.3 Å². The predicted molar refractivity (Wildman–Crippen MR) is 139 cm³/mol. The minimum absolute atomic E-state index is 0.0370. The molecule has 1 aliphatic rings. The minimum Gasteiger partial charge on any atom is -0.491 e. The molecule has 0 bridgehead atoms. The molecule has 1 unspecified atom stereocenters. The van der Waals surface area contributed by atoms with Gasteiger partial charge in [0.1, 0.15) is 18.1 Å². The van der Waals surface area contributed by atoms with Gasteiger partial charge in [0, 0.05) is 12.3 Å². The van der Waals surface area contributed by atoms with Gasteiger partial charge in [0.15, 0.2) is 8.32 Å². The topological polar surface area (TPSA) is 72.8 Å². The Balaban J connectivity index is 1.99. The molecule has 0 spiro atoms. The van der Waals surface area contributed by atoms with Crippen LogP contribution in [0.15, 0.2) is 59.9 Å². The fourth-order valence-corrected chi connectivity index (χ4v) is 5.08. The third-order valence-corrected chi connectivity index (χ3v) is 11.3. The van der Waals surface area contributed by atoms with E-state index < -0.39 is 14.3 Å². The van der Waals surface area contributed by atoms with Crippen LogP contribution in [-0.2, 0) is 14.0 Å². The summed E-state index contributed by atoms with van der Waals surface area (Å²) in [5, 5.41) is 8.78. The summed E-state index contributed by atoms with van der Waals surface area (Å²) in [6.45, 7) is 11.7. The van der Waals surface area contributed by atoms with Crippen LogP contribution in [0.2, 0.25) is 18.1 Å². The lowest BCUT2D eigenvalue weighted by Gasteiger charge is -2.39. The average molecular weight is 485 g/mol. The summed E-state index contributed by atoms with van der Waals surface area (Å²) in [4.78, 5) is 23.1. The van der Waals surface area contributed by atoms with Crippen LogP contribution in [0.3, 0.4) is 0 Å². The normalized spacial score (nSPS) is 17.0. The van der Waals surface area contributed by atoms with Crippen molar-refractivity contribution in [2.45, 2.75) is 83.5 Å². The zero-order valence-corrected chi connectivity index (χ0v) is 22.3. The number of Topliss-reactive ketones (excluding diaryl/α,β-unsaturated/α-hetero) is 1. The highest BCUT2D eigenvalue weighted by Crippen LogP contribution is 2.38. The van der Waals surface area contributed by atoms with Crippen LogP contribution in [0.25, 0.3) is 0 Å². The van der Waals surface area contributed by atoms with E-state index in [0.717, 1.165) is 25.0 Å². The van der Waals surface area contributed by atoms with Crippen molar-refractivity contribution in [2.24, 2.45) is 5.92 Å². The number of allylic oxidation sites excluding steroid dienone is 2. The number of carbonyl (C=O) groups excluding carboxylic acids is 1. The SMILES string of the molecule is CC(C)(C)[Si](C)(C)OC(CCC1=CCC(=O)[C@@H]1CCC=C=CCC(=O)O)COc1ccccc1. The van der Waals surface area contributed by atoms with Crippen LogP contribution in [0.4, 0.5) is 0 Å². The number of carbonyl (C=O) groups is 2. The molecular weight excluding hydrogens is 444 g/mol. The standard InChI is InChI=1S/C28H40O5Si/c1-28(2,3)34(4,5)33-24(21-32-23-13-9-8-10-14-23)19-17-22-18-20-26(29)25(22)15-11-6-7-12-16-27(30)31/h6,8-10,12-14,18,24-25H,11,15-17,19-21H2,1-5H3,(H,30,31)/t7?,24?,25-/m1/s1. The zero-order chi connectivity index (χ0) is 25.2. The van der Waals surface area contributed by atoms with E-state index in [-0.39, 0.29) is 29.3 Å². The van der Waals surface area contributed by atoms with Crippen molar-refractivity contribution in [3.05, 3.63) is 59.9 Å². The van der Waals surface area contributed by atoms with Gasteiger partial charge in [-0.05, 0) is 68.1 Å². The highest BCUT2D eigenvalue weighted by atomic mass is 28.4. The van der Waals surface area contributed by atoms with E-state index in [0.29, 0.717) is 19.4 Å². The van der Waals surface area contributed by atoms with Crippen LogP contribution in [-0.4, -0.2) is 37.9 Å². The second-order valence-corrected chi connectivity index (χ2v) is 15.2. The third kappa shape index (κ3) is 9.09. The van der Waals surface area contributed by atoms with Crippen LogP contribution >= 0.6 is 0 Å². The van der Waals surface area contributed by atoms with Gasteiger partial charge in [-0.1, -0.05) is 50.6 Å². The Morgan fingerprint density at radius 2 is 1.94 bits per heavy atom. The summed E-state index contributed by atoms with van der Waals surface area (Å²) < 4.78 is 12.8. The molecule has 0 saturated heterocycles. The van der Waals surface area contributed by atoms with E-state index >= 15 is 0 Å². The average Bonchev–Trinajstić information content (AvgIpc) is 3.11. The Kier molecular flexibility index (Phi) is 10.6. The minimum atomic E-state index is -1.98. The van der Waals surface area contributed by atoms with E-state index in [1.54, 1.807) is 0 Å². The summed E-state index contributed by atoms with van der Waals surface area (Å²) in [6, 6.07) is 9.80. The first-order chi connectivity index (χ1) is 16.0. The molecule has 1 aliphatic carbocycles. The van der Waals surface area contributed by atoms with Gasteiger partial charge in [0.05, 0.1) is 12.5 Å². The number of ether oxygens (including phenoxy) is 1. The van der Waals surface area contributed by atoms with Crippen molar-refractivity contribution in [2.75, 3.05) is 6.61 Å². The van der Waals surface area contributed by atoms with Gasteiger partial charge in [-0.2, -0.15) is 0 Å². The molecular formula is C28H40O5Si. The lowest BCUT2D eigenvalue weighted by molar-refractivity contribution is -0.136. The summed E-state index contributed by atoms with van der Waals surface area (Å²) in [7, 11) is -1.98. The molecule has 0 aliphatic heterocycles. The molecule has 0 fully saturated rings. The van der Waals surface area contributed by atoms with Gasteiger partial charge >= 0.3 is 5.97 Å². The second-order valence-electron chi connectivity index (χ2n) is 10.4. The summed E-state index contributed by atoms with van der Waals surface area (Å²) in [6.07, 6.45) is 8.87. The van der Waals surface area contributed by atoms with Crippen molar-refractivity contribution >= 4 is 20.1 Å². The molecule has 0 saturated carbocycles.